The summed E-state index contributed by atoms with van der Waals surface area (Å²) < 4.78 is 38.9. The molecule has 32 heavy (non-hydrogen) atoms. The highest BCUT2D eigenvalue weighted by Crippen LogP contribution is 2.52. The van der Waals surface area contributed by atoms with Crippen molar-refractivity contribution in [2.75, 3.05) is 44.2 Å². The maximum absolute atomic E-state index is 13.0. The summed E-state index contributed by atoms with van der Waals surface area (Å²) in [6.45, 7) is 3.78. The van der Waals surface area contributed by atoms with Crippen LogP contribution >= 0.6 is 0 Å². The highest BCUT2D eigenvalue weighted by Gasteiger charge is 2.60. The number of benzene rings is 1. The number of hydrogen-bond donors (Lipinski definition) is 0. The van der Waals surface area contributed by atoms with Crippen LogP contribution in [0.2, 0.25) is 0 Å². The molecular weight excluding hydrogens is 423 g/mol. The number of amides is 2. The van der Waals surface area contributed by atoms with Gasteiger partial charge in [-0.2, -0.15) is 18.2 Å². The molecule has 2 bridgehead atoms. The number of piperazine rings is 1. The number of carbonyl (C=O) groups is 2. The number of imide groups is 1. The highest BCUT2D eigenvalue weighted by atomic mass is 19.4. The molecule has 2 amide bonds. The maximum Gasteiger partial charge on any atom is 0.416 e. The van der Waals surface area contributed by atoms with E-state index in [1.165, 1.54) is 12.1 Å². The van der Waals surface area contributed by atoms with Gasteiger partial charge in [0.2, 0.25) is 0 Å². The van der Waals surface area contributed by atoms with Gasteiger partial charge in [-0.15, -0.1) is 0 Å². The van der Waals surface area contributed by atoms with Gasteiger partial charge in [-0.05, 0) is 42.9 Å². The second kappa shape index (κ2) is 8.19. The summed E-state index contributed by atoms with van der Waals surface area (Å²) in [5, 5.41) is 0.993. The average molecular weight is 449 g/mol. The molecule has 4 atom stereocenters. The van der Waals surface area contributed by atoms with E-state index in [1.54, 1.807) is 6.07 Å². The topological polar surface area (TPSA) is 53.1 Å². The SMILES string of the molecule is O=C1C2C(C(=O)N1OCCCN1CCN(c3cccc(C(F)(F)F)c3)CC1)[C@H]1C=C[C@@H]2C1. The van der Waals surface area contributed by atoms with Crippen LogP contribution < -0.4 is 4.90 Å². The summed E-state index contributed by atoms with van der Waals surface area (Å²) in [6.07, 6.45) is 1.33. The Morgan fingerprint density at radius 3 is 2.25 bits per heavy atom. The molecule has 1 aromatic carbocycles. The van der Waals surface area contributed by atoms with E-state index in [1.807, 2.05) is 4.90 Å². The normalized spacial score (nSPS) is 30.0. The van der Waals surface area contributed by atoms with Crippen LogP contribution in [-0.2, 0) is 20.6 Å². The van der Waals surface area contributed by atoms with Gasteiger partial charge in [0.25, 0.3) is 11.8 Å². The van der Waals surface area contributed by atoms with Crippen molar-refractivity contribution in [2.45, 2.75) is 19.0 Å². The number of carbonyl (C=O) groups excluding carboxylic acids is 2. The fraction of sp³-hybridized carbons (Fsp3) is 0.565. The molecule has 2 heterocycles. The Bertz CT molecular complexity index is 897. The Kier molecular flexibility index (Phi) is 5.49. The molecule has 2 unspecified atom stereocenters. The summed E-state index contributed by atoms with van der Waals surface area (Å²) in [5.41, 5.74) is -0.0450. The Labute approximate surface area is 184 Å². The van der Waals surface area contributed by atoms with Crippen LogP contribution in [0.4, 0.5) is 18.9 Å². The number of hydrogen-bond acceptors (Lipinski definition) is 5. The predicted molar refractivity (Wildman–Crippen MR) is 110 cm³/mol. The second-order valence-electron chi connectivity index (χ2n) is 9.03. The first-order valence-corrected chi connectivity index (χ1v) is 11.2. The lowest BCUT2D eigenvalue weighted by molar-refractivity contribution is -0.190. The van der Waals surface area contributed by atoms with Crippen molar-refractivity contribution < 1.29 is 27.6 Å². The predicted octanol–water partition coefficient (Wildman–Crippen LogP) is 2.96. The van der Waals surface area contributed by atoms with Crippen molar-refractivity contribution in [3.8, 4) is 0 Å². The fourth-order valence-corrected chi connectivity index (χ4v) is 5.55. The summed E-state index contributed by atoms with van der Waals surface area (Å²) in [4.78, 5) is 35.0. The van der Waals surface area contributed by atoms with E-state index in [4.69, 9.17) is 4.84 Å². The third-order valence-electron chi connectivity index (χ3n) is 7.18. The third kappa shape index (κ3) is 3.81. The van der Waals surface area contributed by atoms with Crippen LogP contribution in [0.5, 0.6) is 0 Å². The highest BCUT2D eigenvalue weighted by molar-refractivity contribution is 6.05. The van der Waals surface area contributed by atoms with Crippen molar-refractivity contribution in [3.63, 3.8) is 0 Å². The Morgan fingerprint density at radius 1 is 0.969 bits per heavy atom. The third-order valence-corrected chi connectivity index (χ3v) is 7.18. The van der Waals surface area contributed by atoms with Crippen LogP contribution in [0.3, 0.4) is 0 Å². The maximum atomic E-state index is 13.0. The summed E-state index contributed by atoms with van der Waals surface area (Å²) >= 11 is 0. The van der Waals surface area contributed by atoms with E-state index in [0.717, 1.165) is 37.2 Å². The molecule has 0 aromatic heterocycles. The van der Waals surface area contributed by atoms with Crippen LogP contribution in [0, 0.1) is 23.7 Å². The van der Waals surface area contributed by atoms with Gasteiger partial charge in [0.15, 0.2) is 0 Å². The van der Waals surface area contributed by atoms with Gasteiger partial charge in [-0.25, -0.2) is 0 Å². The first-order chi connectivity index (χ1) is 15.3. The molecule has 4 aliphatic rings. The van der Waals surface area contributed by atoms with Gasteiger partial charge in [-0.3, -0.25) is 19.3 Å². The van der Waals surface area contributed by atoms with Gasteiger partial charge in [-0.1, -0.05) is 18.2 Å². The summed E-state index contributed by atoms with van der Waals surface area (Å²) in [7, 11) is 0. The molecule has 5 rings (SSSR count). The van der Waals surface area contributed by atoms with Gasteiger partial charge in [0.05, 0.1) is 24.0 Å². The van der Waals surface area contributed by atoms with Crippen molar-refractivity contribution in [1.82, 2.24) is 9.96 Å². The molecule has 3 fully saturated rings. The van der Waals surface area contributed by atoms with E-state index >= 15 is 0 Å². The molecule has 9 heteroatoms. The zero-order valence-corrected chi connectivity index (χ0v) is 17.6. The lowest BCUT2D eigenvalue weighted by atomic mass is 9.85. The van der Waals surface area contributed by atoms with Gasteiger partial charge in [0.1, 0.15) is 0 Å². The minimum Gasteiger partial charge on any atom is -0.369 e. The number of nitrogens with zero attached hydrogens (tertiary/aromatic N) is 3. The number of anilines is 1. The van der Waals surface area contributed by atoms with Crippen LogP contribution in [-0.4, -0.2) is 61.1 Å². The monoisotopic (exact) mass is 449 g/mol. The van der Waals surface area contributed by atoms with Gasteiger partial charge in [0, 0.05) is 38.4 Å². The summed E-state index contributed by atoms with van der Waals surface area (Å²) in [6, 6.07) is 5.44. The average Bonchev–Trinajstić information content (AvgIpc) is 3.46. The first kappa shape index (κ1) is 21.5. The van der Waals surface area contributed by atoms with Gasteiger partial charge >= 0.3 is 6.18 Å². The Morgan fingerprint density at radius 2 is 1.62 bits per heavy atom. The number of halogens is 3. The van der Waals surface area contributed by atoms with E-state index in [9.17, 15) is 22.8 Å². The molecule has 2 aliphatic heterocycles. The number of hydroxylamine groups is 2. The second-order valence-corrected chi connectivity index (χ2v) is 9.03. The zero-order valence-electron chi connectivity index (χ0n) is 17.6. The van der Waals surface area contributed by atoms with E-state index in [-0.39, 0.29) is 42.1 Å². The minimum atomic E-state index is -4.34. The van der Waals surface area contributed by atoms with E-state index in [2.05, 4.69) is 17.1 Å². The van der Waals surface area contributed by atoms with Crippen molar-refractivity contribution in [2.24, 2.45) is 23.7 Å². The Hall–Kier alpha value is -2.39. The first-order valence-electron chi connectivity index (χ1n) is 11.2. The molecular formula is C23H26F3N3O3. The van der Waals surface area contributed by atoms with Gasteiger partial charge < -0.3 is 4.90 Å². The van der Waals surface area contributed by atoms with Crippen molar-refractivity contribution in [1.29, 1.82) is 0 Å². The number of allylic oxidation sites excluding steroid dienone is 2. The minimum absolute atomic E-state index is 0.170. The zero-order chi connectivity index (χ0) is 22.5. The summed E-state index contributed by atoms with van der Waals surface area (Å²) in [5.74, 6) is -0.563. The van der Waals surface area contributed by atoms with Crippen LogP contribution in [0.1, 0.15) is 18.4 Å². The lowest BCUT2D eigenvalue weighted by Gasteiger charge is -2.36. The molecule has 0 radical (unpaired) electrons. The standard InChI is InChI=1S/C23H26F3N3O3/c24-23(25,26)17-3-1-4-18(14-17)28-10-8-27(9-11-28)7-2-12-32-29-21(30)19-15-5-6-16(13-15)20(19)22(29)31/h1,3-6,14-16,19-20H,2,7-13H2/t15-,16+,19?,20?. The quantitative estimate of drug-likeness (QED) is 0.380. The molecule has 1 aromatic rings. The molecule has 172 valence electrons. The van der Waals surface area contributed by atoms with Crippen LogP contribution in [0.15, 0.2) is 36.4 Å². The van der Waals surface area contributed by atoms with Crippen molar-refractivity contribution in [3.05, 3.63) is 42.0 Å². The molecule has 0 N–H and O–H groups in total. The largest absolute Gasteiger partial charge is 0.416 e. The number of fused-ring (bicyclic) bond motifs is 5. The molecule has 2 aliphatic carbocycles. The van der Waals surface area contributed by atoms with E-state index < -0.39 is 11.7 Å². The molecule has 6 nitrogen and oxygen atoms in total. The molecule has 2 saturated heterocycles. The van der Waals surface area contributed by atoms with E-state index in [0.29, 0.717) is 25.2 Å². The van der Waals surface area contributed by atoms with Crippen molar-refractivity contribution >= 4 is 17.5 Å². The smallest absolute Gasteiger partial charge is 0.369 e. The fourth-order valence-electron chi connectivity index (χ4n) is 5.55. The number of rotatable bonds is 6. The molecule has 1 saturated carbocycles. The molecule has 0 spiro atoms. The Balaban J connectivity index is 1.06. The van der Waals surface area contributed by atoms with Crippen LogP contribution in [0.25, 0.3) is 0 Å². The lowest BCUT2D eigenvalue weighted by Crippen LogP contribution is -2.47. The number of alkyl halides is 3.